The molecule has 1 aliphatic rings. The Morgan fingerprint density at radius 1 is 1.04 bits per heavy atom. The summed E-state index contributed by atoms with van der Waals surface area (Å²) in [4.78, 5) is 0. The van der Waals surface area contributed by atoms with E-state index in [-0.39, 0.29) is 17.2 Å². The Bertz CT molecular complexity index is 666. The highest BCUT2D eigenvalue weighted by Gasteiger charge is 2.49. The highest BCUT2D eigenvalue weighted by Crippen LogP contribution is 2.36. The summed E-state index contributed by atoms with van der Waals surface area (Å²) < 4.78 is 12.5. The molecule has 0 unspecified atom stereocenters. The Kier molecular flexibility index (Phi) is 7.10. The van der Waals surface area contributed by atoms with Crippen LogP contribution in [-0.2, 0) is 9.16 Å². The minimum Gasteiger partial charge on any atom is -0.407 e. The van der Waals surface area contributed by atoms with Crippen LogP contribution in [0.15, 0.2) is 60.7 Å². The van der Waals surface area contributed by atoms with Gasteiger partial charge in [0, 0.05) is 13.2 Å². The quantitative estimate of drug-likeness (QED) is 0.542. The largest absolute Gasteiger partial charge is 0.407 e. The molecule has 0 radical (unpaired) electrons. The van der Waals surface area contributed by atoms with Crippen LogP contribution in [-0.4, -0.2) is 38.8 Å². The van der Waals surface area contributed by atoms with Gasteiger partial charge >= 0.3 is 0 Å². The van der Waals surface area contributed by atoms with E-state index in [1.54, 1.807) is 0 Å². The van der Waals surface area contributed by atoms with E-state index in [0.29, 0.717) is 6.61 Å². The average molecular weight is 399 g/mol. The van der Waals surface area contributed by atoms with Crippen molar-refractivity contribution in [1.82, 2.24) is 0 Å². The van der Waals surface area contributed by atoms with Crippen molar-refractivity contribution in [2.45, 2.75) is 63.7 Å². The first-order chi connectivity index (χ1) is 13.4. The van der Waals surface area contributed by atoms with Gasteiger partial charge in [0.05, 0.1) is 12.2 Å². The molecule has 28 heavy (non-hydrogen) atoms. The molecule has 152 valence electrons. The van der Waals surface area contributed by atoms with Crippen molar-refractivity contribution in [3.8, 4) is 0 Å². The lowest BCUT2D eigenvalue weighted by Gasteiger charge is -2.43. The van der Waals surface area contributed by atoms with Crippen molar-refractivity contribution >= 4 is 18.7 Å². The van der Waals surface area contributed by atoms with Gasteiger partial charge in [0.15, 0.2) is 0 Å². The minimum atomic E-state index is -2.47. The van der Waals surface area contributed by atoms with Gasteiger partial charge in [-0.3, -0.25) is 0 Å². The summed E-state index contributed by atoms with van der Waals surface area (Å²) in [6, 6.07) is 21.4. The first-order valence-electron chi connectivity index (χ1n) is 10.5. The number of aliphatic hydroxyl groups is 1. The average Bonchev–Trinajstić information content (AvgIpc) is 3.23. The minimum absolute atomic E-state index is 0.00728. The third-order valence-corrected chi connectivity index (χ3v) is 10.8. The van der Waals surface area contributed by atoms with Crippen LogP contribution < -0.4 is 10.4 Å². The van der Waals surface area contributed by atoms with Crippen molar-refractivity contribution in [1.29, 1.82) is 0 Å². The molecule has 0 aromatic heterocycles. The standard InChI is InChI=1S/C24H34O3Si/c1-24(2,3)28(20-12-6-4-7-13-20,21-14-8-5-9-15-21)27-19-10-16-22(25)23-17-11-18-26-23/h4-9,12-15,22-23,25H,10-11,16-19H2,1-3H3/t22-,23+/m0/s1. The van der Waals surface area contributed by atoms with Crippen LogP contribution in [0.2, 0.25) is 5.04 Å². The van der Waals surface area contributed by atoms with Gasteiger partial charge in [0.1, 0.15) is 0 Å². The Labute approximate surface area is 170 Å². The van der Waals surface area contributed by atoms with E-state index in [9.17, 15) is 5.11 Å². The molecule has 0 saturated carbocycles. The molecule has 4 heteroatoms. The summed E-state index contributed by atoms with van der Waals surface area (Å²) in [6.07, 6.45) is 3.21. The van der Waals surface area contributed by atoms with Crippen molar-refractivity contribution in [2.24, 2.45) is 0 Å². The summed E-state index contributed by atoms with van der Waals surface area (Å²) in [5, 5.41) is 13.0. The van der Waals surface area contributed by atoms with Crippen molar-refractivity contribution in [3.05, 3.63) is 60.7 Å². The predicted octanol–water partition coefficient (Wildman–Crippen LogP) is 3.88. The molecule has 1 saturated heterocycles. The second-order valence-corrected chi connectivity index (χ2v) is 13.1. The zero-order valence-electron chi connectivity index (χ0n) is 17.4. The van der Waals surface area contributed by atoms with E-state index in [1.165, 1.54) is 10.4 Å². The highest BCUT2D eigenvalue weighted by atomic mass is 28.4. The van der Waals surface area contributed by atoms with E-state index < -0.39 is 8.32 Å². The van der Waals surface area contributed by atoms with Crippen LogP contribution in [0.1, 0.15) is 46.5 Å². The summed E-state index contributed by atoms with van der Waals surface area (Å²) in [5.74, 6) is 0. The number of ether oxygens (including phenoxy) is 1. The van der Waals surface area contributed by atoms with Gasteiger partial charge in [-0.2, -0.15) is 0 Å². The molecular weight excluding hydrogens is 364 g/mol. The van der Waals surface area contributed by atoms with Crippen molar-refractivity contribution in [2.75, 3.05) is 13.2 Å². The lowest BCUT2D eigenvalue weighted by molar-refractivity contribution is -0.00762. The SMILES string of the molecule is CC(C)(C)[Si](OCCC[C@H](O)[C@H]1CCCO1)(c1ccccc1)c1ccccc1. The molecule has 0 aliphatic carbocycles. The molecule has 1 fully saturated rings. The van der Waals surface area contributed by atoms with Crippen molar-refractivity contribution in [3.63, 3.8) is 0 Å². The van der Waals surface area contributed by atoms with Gasteiger partial charge in [-0.15, -0.1) is 0 Å². The van der Waals surface area contributed by atoms with Crippen LogP contribution in [0.3, 0.4) is 0 Å². The number of hydrogen-bond acceptors (Lipinski definition) is 3. The van der Waals surface area contributed by atoms with Gasteiger partial charge in [0.2, 0.25) is 0 Å². The molecule has 1 heterocycles. The second kappa shape index (κ2) is 9.36. The molecule has 0 amide bonds. The third-order valence-electron chi connectivity index (χ3n) is 5.77. The molecule has 0 spiro atoms. The Morgan fingerprint density at radius 3 is 2.07 bits per heavy atom. The maximum atomic E-state index is 10.4. The van der Waals surface area contributed by atoms with E-state index in [2.05, 4.69) is 81.4 Å². The normalized spacial score (nSPS) is 18.9. The smallest absolute Gasteiger partial charge is 0.261 e. The topological polar surface area (TPSA) is 38.7 Å². The van der Waals surface area contributed by atoms with Crippen LogP contribution in [0, 0.1) is 0 Å². The lowest BCUT2D eigenvalue weighted by atomic mass is 10.1. The molecule has 3 rings (SSSR count). The maximum Gasteiger partial charge on any atom is 0.261 e. The maximum absolute atomic E-state index is 10.4. The highest BCUT2D eigenvalue weighted by molar-refractivity contribution is 6.99. The van der Waals surface area contributed by atoms with E-state index in [0.717, 1.165) is 32.3 Å². The van der Waals surface area contributed by atoms with Gasteiger partial charge in [-0.05, 0) is 41.1 Å². The summed E-state index contributed by atoms with van der Waals surface area (Å²) in [7, 11) is -2.47. The Morgan fingerprint density at radius 2 is 1.61 bits per heavy atom. The number of rotatable bonds is 8. The molecule has 1 N–H and O–H groups in total. The van der Waals surface area contributed by atoms with Gasteiger partial charge in [0.25, 0.3) is 8.32 Å². The molecular formula is C24H34O3Si. The number of hydrogen-bond donors (Lipinski definition) is 1. The monoisotopic (exact) mass is 398 g/mol. The fourth-order valence-corrected chi connectivity index (χ4v) is 8.98. The van der Waals surface area contributed by atoms with Gasteiger partial charge in [-0.25, -0.2) is 0 Å². The number of benzene rings is 2. The molecule has 2 aromatic carbocycles. The number of aliphatic hydroxyl groups excluding tert-OH is 1. The molecule has 0 bridgehead atoms. The fraction of sp³-hybridized carbons (Fsp3) is 0.500. The molecule has 1 aliphatic heterocycles. The van der Waals surface area contributed by atoms with Crippen LogP contribution in [0.5, 0.6) is 0 Å². The molecule has 2 aromatic rings. The van der Waals surface area contributed by atoms with Crippen molar-refractivity contribution < 1.29 is 14.3 Å². The van der Waals surface area contributed by atoms with Crippen LogP contribution in [0.4, 0.5) is 0 Å². The Balaban J connectivity index is 1.80. The van der Waals surface area contributed by atoms with E-state index in [4.69, 9.17) is 9.16 Å². The third kappa shape index (κ3) is 4.57. The van der Waals surface area contributed by atoms with Crippen LogP contribution in [0.25, 0.3) is 0 Å². The zero-order valence-corrected chi connectivity index (χ0v) is 18.4. The summed E-state index contributed by atoms with van der Waals surface area (Å²) in [6.45, 7) is 8.30. The Hall–Kier alpha value is -1.46. The summed E-state index contributed by atoms with van der Waals surface area (Å²) in [5.41, 5.74) is 0. The zero-order chi connectivity index (χ0) is 20.0. The first kappa shape index (κ1) is 21.3. The summed E-state index contributed by atoms with van der Waals surface area (Å²) >= 11 is 0. The first-order valence-corrected chi connectivity index (χ1v) is 12.4. The fourth-order valence-electron chi connectivity index (χ4n) is 4.37. The lowest BCUT2D eigenvalue weighted by Crippen LogP contribution is -2.66. The molecule has 2 atom stereocenters. The van der Waals surface area contributed by atoms with E-state index in [1.807, 2.05) is 0 Å². The van der Waals surface area contributed by atoms with Gasteiger partial charge < -0.3 is 14.3 Å². The van der Waals surface area contributed by atoms with Gasteiger partial charge in [-0.1, -0.05) is 81.4 Å². The second-order valence-electron chi connectivity index (χ2n) is 8.77. The predicted molar refractivity (Wildman–Crippen MR) is 118 cm³/mol. The van der Waals surface area contributed by atoms with E-state index >= 15 is 0 Å². The molecule has 3 nitrogen and oxygen atoms in total. The van der Waals surface area contributed by atoms with Crippen LogP contribution >= 0.6 is 0 Å².